The molecule has 1 atom stereocenters. The molecule has 1 fully saturated rings. The van der Waals surface area contributed by atoms with Crippen LogP contribution in [0.3, 0.4) is 0 Å². The first-order chi connectivity index (χ1) is 12.0. The molecule has 1 saturated heterocycles. The third-order valence-corrected chi connectivity index (χ3v) is 5.33. The van der Waals surface area contributed by atoms with Crippen LogP contribution in [0.2, 0.25) is 0 Å². The van der Waals surface area contributed by atoms with E-state index in [1.54, 1.807) is 6.92 Å². The fourth-order valence-electron chi connectivity index (χ4n) is 3.55. The number of nitrogens with one attached hydrogen (secondary N) is 1. The highest BCUT2D eigenvalue weighted by Crippen LogP contribution is 2.29. The molecule has 6 heteroatoms. The van der Waals surface area contributed by atoms with E-state index in [-0.39, 0.29) is 18.4 Å². The van der Waals surface area contributed by atoms with E-state index in [0.717, 1.165) is 12.8 Å². The summed E-state index contributed by atoms with van der Waals surface area (Å²) in [6.45, 7) is 2.91. The molecule has 1 aliphatic heterocycles. The Balaban J connectivity index is 1.56. The van der Waals surface area contributed by atoms with Crippen LogP contribution in [0.1, 0.15) is 37.3 Å². The SMILES string of the molecule is C[C@@H](Oc1ccc2c(c1)CCC2)C(=O)NCC1(C(N)=O)CCOCC1. The summed E-state index contributed by atoms with van der Waals surface area (Å²) in [5.74, 6) is 0.0786. The van der Waals surface area contributed by atoms with Crippen LogP contribution in [0.25, 0.3) is 0 Å². The van der Waals surface area contributed by atoms with Gasteiger partial charge >= 0.3 is 0 Å². The van der Waals surface area contributed by atoms with Crippen LogP contribution in [0.4, 0.5) is 0 Å². The maximum atomic E-state index is 12.4. The molecule has 6 nitrogen and oxygen atoms in total. The molecule has 1 aliphatic carbocycles. The molecule has 2 aliphatic rings. The summed E-state index contributed by atoms with van der Waals surface area (Å²) in [6.07, 6.45) is 3.78. The van der Waals surface area contributed by atoms with Crippen molar-refractivity contribution in [3.05, 3.63) is 29.3 Å². The summed E-state index contributed by atoms with van der Waals surface area (Å²) < 4.78 is 11.1. The Labute approximate surface area is 148 Å². The molecule has 1 aromatic rings. The minimum Gasteiger partial charge on any atom is -0.481 e. The van der Waals surface area contributed by atoms with E-state index in [0.29, 0.717) is 31.8 Å². The Hall–Kier alpha value is -2.08. The lowest BCUT2D eigenvalue weighted by Gasteiger charge is -2.34. The number of ether oxygens (including phenoxy) is 2. The van der Waals surface area contributed by atoms with E-state index in [4.69, 9.17) is 15.2 Å². The number of hydrogen-bond acceptors (Lipinski definition) is 4. The van der Waals surface area contributed by atoms with Crippen molar-refractivity contribution < 1.29 is 19.1 Å². The molecule has 1 aromatic carbocycles. The molecule has 0 spiro atoms. The van der Waals surface area contributed by atoms with E-state index < -0.39 is 11.5 Å². The van der Waals surface area contributed by atoms with Crippen molar-refractivity contribution in [2.45, 2.75) is 45.1 Å². The molecule has 3 rings (SSSR count). The number of rotatable bonds is 6. The van der Waals surface area contributed by atoms with Gasteiger partial charge in [0.05, 0.1) is 5.41 Å². The molecule has 0 unspecified atom stereocenters. The van der Waals surface area contributed by atoms with Gasteiger partial charge in [0, 0.05) is 19.8 Å². The minimum absolute atomic E-state index is 0.225. The van der Waals surface area contributed by atoms with Crippen LogP contribution in [0.15, 0.2) is 18.2 Å². The summed E-state index contributed by atoms with van der Waals surface area (Å²) in [5, 5.41) is 2.83. The van der Waals surface area contributed by atoms with Crippen LogP contribution in [0.5, 0.6) is 5.75 Å². The van der Waals surface area contributed by atoms with E-state index in [2.05, 4.69) is 11.4 Å². The molecule has 0 saturated carbocycles. The predicted molar refractivity (Wildman–Crippen MR) is 93.2 cm³/mol. The first kappa shape index (κ1) is 17.7. The lowest BCUT2D eigenvalue weighted by molar-refractivity contribution is -0.135. The summed E-state index contributed by atoms with van der Waals surface area (Å²) in [7, 11) is 0. The van der Waals surface area contributed by atoms with Crippen molar-refractivity contribution in [2.75, 3.05) is 19.8 Å². The molecule has 1 heterocycles. The van der Waals surface area contributed by atoms with Gasteiger partial charge in [-0.3, -0.25) is 9.59 Å². The number of primary amides is 1. The van der Waals surface area contributed by atoms with Crippen molar-refractivity contribution in [1.82, 2.24) is 5.32 Å². The molecule has 136 valence electrons. The Kier molecular flexibility index (Phi) is 5.27. The molecule has 0 aromatic heterocycles. The van der Waals surface area contributed by atoms with Crippen LogP contribution in [0, 0.1) is 5.41 Å². The van der Waals surface area contributed by atoms with Gasteiger partial charge in [0.25, 0.3) is 5.91 Å². The van der Waals surface area contributed by atoms with Crippen LogP contribution >= 0.6 is 0 Å². The number of benzene rings is 1. The normalized spacial score (nSPS) is 19.7. The highest BCUT2D eigenvalue weighted by Gasteiger charge is 2.39. The van der Waals surface area contributed by atoms with Crippen LogP contribution in [-0.2, 0) is 27.2 Å². The molecule has 0 radical (unpaired) electrons. The fourth-order valence-corrected chi connectivity index (χ4v) is 3.55. The smallest absolute Gasteiger partial charge is 0.260 e. The third kappa shape index (κ3) is 3.95. The summed E-state index contributed by atoms with van der Waals surface area (Å²) in [5.41, 5.74) is 7.52. The maximum Gasteiger partial charge on any atom is 0.260 e. The van der Waals surface area contributed by atoms with E-state index in [9.17, 15) is 9.59 Å². The second-order valence-corrected chi connectivity index (χ2v) is 7.02. The number of aryl methyl sites for hydroxylation is 2. The summed E-state index contributed by atoms with van der Waals surface area (Å²) >= 11 is 0. The van der Waals surface area contributed by atoms with Crippen molar-refractivity contribution in [2.24, 2.45) is 11.1 Å². The zero-order chi connectivity index (χ0) is 17.9. The number of carbonyl (C=O) groups excluding carboxylic acids is 2. The van der Waals surface area contributed by atoms with Gasteiger partial charge in [-0.25, -0.2) is 0 Å². The second kappa shape index (κ2) is 7.44. The van der Waals surface area contributed by atoms with Gasteiger partial charge in [0.15, 0.2) is 6.10 Å². The van der Waals surface area contributed by atoms with E-state index in [1.807, 2.05) is 12.1 Å². The van der Waals surface area contributed by atoms with Crippen LogP contribution < -0.4 is 15.8 Å². The Morgan fingerprint density at radius 1 is 1.28 bits per heavy atom. The quantitative estimate of drug-likeness (QED) is 0.813. The van der Waals surface area contributed by atoms with Crippen molar-refractivity contribution in [3.63, 3.8) is 0 Å². The standard InChI is InChI=1S/C19H26N2O4/c1-13(25-16-6-5-14-3-2-4-15(14)11-16)17(22)21-12-19(18(20)23)7-9-24-10-8-19/h5-6,11,13H,2-4,7-10,12H2,1H3,(H2,20,23)(H,21,22)/t13-/m1/s1. The van der Waals surface area contributed by atoms with Crippen molar-refractivity contribution in [1.29, 1.82) is 0 Å². The van der Waals surface area contributed by atoms with Gasteiger partial charge in [-0.15, -0.1) is 0 Å². The first-order valence-corrected chi connectivity index (χ1v) is 8.94. The van der Waals surface area contributed by atoms with E-state index in [1.165, 1.54) is 17.5 Å². The van der Waals surface area contributed by atoms with Gasteiger partial charge in [-0.1, -0.05) is 6.07 Å². The van der Waals surface area contributed by atoms with E-state index >= 15 is 0 Å². The van der Waals surface area contributed by atoms with Gasteiger partial charge in [0.2, 0.25) is 5.91 Å². The monoisotopic (exact) mass is 346 g/mol. The summed E-state index contributed by atoms with van der Waals surface area (Å²) in [4.78, 5) is 24.2. The Morgan fingerprint density at radius 2 is 2.00 bits per heavy atom. The van der Waals surface area contributed by atoms with Gasteiger partial charge in [0.1, 0.15) is 5.75 Å². The largest absolute Gasteiger partial charge is 0.481 e. The van der Waals surface area contributed by atoms with Crippen molar-refractivity contribution in [3.8, 4) is 5.75 Å². The predicted octanol–water partition coefficient (Wildman–Crippen LogP) is 1.34. The second-order valence-electron chi connectivity index (χ2n) is 7.02. The van der Waals surface area contributed by atoms with Crippen LogP contribution in [-0.4, -0.2) is 37.7 Å². The Morgan fingerprint density at radius 3 is 2.72 bits per heavy atom. The molecular weight excluding hydrogens is 320 g/mol. The molecule has 3 N–H and O–H groups in total. The fraction of sp³-hybridized carbons (Fsp3) is 0.579. The Bertz CT molecular complexity index is 653. The maximum absolute atomic E-state index is 12.4. The zero-order valence-electron chi connectivity index (χ0n) is 14.7. The highest BCUT2D eigenvalue weighted by molar-refractivity contribution is 5.84. The van der Waals surface area contributed by atoms with Crippen molar-refractivity contribution >= 4 is 11.8 Å². The highest BCUT2D eigenvalue weighted by atomic mass is 16.5. The molecular formula is C19H26N2O4. The molecule has 25 heavy (non-hydrogen) atoms. The number of nitrogens with two attached hydrogens (primary N) is 1. The average molecular weight is 346 g/mol. The zero-order valence-corrected chi connectivity index (χ0v) is 14.7. The number of fused-ring (bicyclic) bond motifs is 1. The molecule has 2 amide bonds. The third-order valence-electron chi connectivity index (χ3n) is 5.33. The summed E-state index contributed by atoms with van der Waals surface area (Å²) in [6, 6.07) is 6.01. The lowest BCUT2D eigenvalue weighted by Crippen LogP contribution is -2.51. The number of hydrogen-bond donors (Lipinski definition) is 2. The lowest BCUT2D eigenvalue weighted by atomic mass is 9.79. The average Bonchev–Trinajstić information content (AvgIpc) is 3.08. The minimum atomic E-state index is -0.721. The number of amides is 2. The molecule has 0 bridgehead atoms. The van der Waals surface area contributed by atoms with Gasteiger partial charge in [-0.2, -0.15) is 0 Å². The number of carbonyl (C=O) groups is 2. The topological polar surface area (TPSA) is 90.6 Å². The van der Waals surface area contributed by atoms with Gasteiger partial charge in [-0.05, 0) is 62.3 Å². The first-order valence-electron chi connectivity index (χ1n) is 8.94. The van der Waals surface area contributed by atoms with Gasteiger partial charge < -0.3 is 20.5 Å².